The van der Waals surface area contributed by atoms with Gasteiger partial charge in [-0.15, -0.1) is 11.8 Å². The smallest absolute Gasteiger partial charge is 0.307 e. The fourth-order valence-electron chi connectivity index (χ4n) is 3.14. The summed E-state index contributed by atoms with van der Waals surface area (Å²) < 4.78 is 38.9. The summed E-state index contributed by atoms with van der Waals surface area (Å²) in [5, 5.41) is 2.72. The van der Waals surface area contributed by atoms with Crippen molar-refractivity contribution >= 4 is 52.3 Å². The van der Waals surface area contributed by atoms with Crippen molar-refractivity contribution in [3.8, 4) is 0 Å². The number of hydrazine groups is 1. The molecule has 2 aromatic rings. The largest absolute Gasteiger partial charge is 0.406 e. The summed E-state index contributed by atoms with van der Waals surface area (Å²) in [6.45, 7) is -1.35. The summed E-state index contributed by atoms with van der Waals surface area (Å²) in [5.74, 6) is -0.742. The molecule has 156 valence electrons. The fourth-order valence-corrected chi connectivity index (χ4v) is 4.52. The van der Waals surface area contributed by atoms with Gasteiger partial charge < -0.3 is 4.90 Å². The number of para-hydroxylation sites is 1. The molecule has 2 aliphatic heterocycles. The standard InChI is InChI=1S/C20H14Cl2F3N3OS/c21-13-7-5-12(6-8-13)18-19-15(26-28(18)16-4-2-1-3-14(16)22)9-27(11-20(23,24)25)17(29)10-30-19/h1-9,26H,10-11H2. The Morgan fingerprint density at radius 3 is 2.43 bits per heavy atom. The lowest BCUT2D eigenvalue weighted by molar-refractivity contribution is -0.154. The molecule has 0 aliphatic carbocycles. The predicted molar refractivity (Wildman–Crippen MR) is 114 cm³/mol. The second-order valence-corrected chi connectivity index (χ2v) is 8.38. The van der Waals surface area contributed by atoms with Gasteiger partial charge in [-0.05, 0) is 24.3 Å². The summed E-state index contributed by atoms with van der Waals surface area (Å²) in [7, 11) is 0. The van der Waals surface area contributed by atoms with Gasteiger partial charge in [0, 0.05) is 16.8 Å². The Kier molecular flexibility index (Phi) is 5.65. The number of carbonyl (C=O) groups excluding carboxylic acids is 1. The van der Waals surface area contributed by atoms with Crippen molar-refractivity contribution in [3.63, 3.8) is 0 Å². The average Bonchev–Trinajstić information content (AvgIpc) is 2.96. The molecule has 30 heavy (non-hydrogen) atoms. The summed E-state index contributed by atoms with van der Waals surface area (Å²) in [6.07, 6.45) is -3.30. The summed E-state index contributed by atoms with van der Waals surface area (Å²) in [4.78, 5) is 13.6. The number of amides is 1. The van der Waals surface area contributed by atoms with E-state index in [1.807, 2.05) is 6.07 Å². The van der Waals surface area contributed by atoms with E-state index in [0.717, 1.165) is 5.56 Å². The molecular weight excluding hydrogens is 458 g/mol. The Morgan fingerprint density at radius 2 is 1.77 bits per heavy atom. The average molecular weight is 472 g/mol. The first-order valence-corrected chi connectivity index (χ1v) is 10.5. The second kappa shape index (κ2) is 8.09. The highest BCUT2D eigenvalue weighted by molar-refractivity contribution is 8.04. The highest BCUT2D eigenvalue weighted by Crippen LogP contribution is 2.44. The molecule has 0 atom stereocenters. The minimum Gasteiger partial charge on any atom is -0.307 e. The Balaban J connectivity index is 1.85. The summed E-state index contributed by atoms with van der Waals surface area (Å²) in [6, 6.07) is 14.2. The molecular formula is C20H14Cl2F3N3OS. The van der Waals surface area contributed by atoms with Crippen LogP contribution in [0.25, 0.3) is 5.70 Å². The van der Waals surface area contributed by atoms with Crippen LogP contribution < -0.4 is 10.4 Å². The molecule has 0 fully saturated rings. The monoisotopic (exact) mass is 471 g/mol. The van der Waals surface area contributed by atoms with Crippen molar-refractivity contribution in [3.05, 3.63) is 80.9 Å². The van der Waals surface area contributed by atoms with Gasteiger partial charge in [-0.1, -0.05) is 47.5 Å². The molecule has 2 aliphatic rings. The molecule has 0 unspecified atom stereocenters. The van der Waals surface area contributed by atoms with Crippen LogP contribution in [-0.4, -0.2) is 29.3 Å². The van der Waals surface area contributed by atoms with Gasteiger partial charge in [-0.3, -0.25) is 15.2 Å². The lowest BCUT2D eigenvalue weighted by Crippen LogP contribution is -2.37. The minimum absolute atomic E-state index is 0.124. The molecule has 4 nitrogen and oxygen atoms in total. The third-order valence-corrected chi connectivity index (χ3v) is 6.09. The number of rotatable bonds is 3. The first-order chi connectivity index (χ1) is 14.2. The maximum absolute atomic E-state index is 13.0. The number of carbonyl (C=O) groups is 1. The van der Waals surface area contributed by atoms with E-state index in [2.05, 4.69) is 5.43 Å². The van der Waals surface area contributed by atoms with Crippen LogP contribution in [0.15, 0.2) is 65.3 Å². The number of nitrogens with one attached hydrogen (secondary N) is 1. The number of hydrogen-bond acceptors (Lipinski definition) is 4. The molecule has 1 amide bonds. The molecule has 2 aromatic carbocycles. The van der Waals surface area contributed by atoms with E-state index in [1.54, 1.807) is 47.5 Å². The van der Waals surface area contributed by atoms with Gasteiger partial charge in [0.1, 0.15) is 6.54 Å². The van der Waals surface area contributed by atoms with Gasteiger partial charge in [0.05, 0.1) is 32.8 Å². The number of thioether (sulfide) groups is 1. The van der Waals surface area contributed by atoms with Gasteiger partial charge in [0.15, 0.2) is 0 Å². The van der Waals surface area contributed by atoms with E-state index < -0.39 is 18.6 Å². The van der Waals surface area contributed by atoms with E-state index in [9.17, 15) is 18.0 Å². The van der Waals surface area contributed by atoms with Gasteiger partial charge in [-0.25, -0.2) is 0 Å². The zero-order chi connectivity index (χ0) is 21.5. The molecule has 10 heteroatoms. The van der Waals surface area contributed by atoms with E-state index in [1.165, 1.54) is 18.0 Å². The SMILES string of the molecule is O=C1CSC2=C(c3ccc(Cl)cc3)N(c3ccccc3Cl)NC2=CN1CC(F)(F)F. The van der Waals surface area contributed by atoms with E-state index >= 15 is 0 Å². The fraction of sp³-hybridized carbons (Fsp3) is 0.150. The van der Waals surface area contributed by atoms with Gasteiger partial charge >= 0.3 is 6.18 Å². The zero-order valence-electron chi connectivity index (χ0n) is 15.2. The van der Waals surface area contributed by atoms with Gasteiger partial charge in [0.25, 0.3) is 0 Å². The van der Waals surface area contributed by atoms with E-state index in [-0.39, 0.29) is 5.75 Å². The lowest BCUT2D eigenvalue weighted by atomic mass is 10.1. The molecule has 1 N–H and O–H groups in total. The van der Waals surface area contributed by atoms with Crippen molar-refractivity contribution in [2.45, 2.75) is 6.18 Å². The maximum Gasteiger partial charge on any atom is 0.406 e. The first kappa shape index (κ1) is 21.0. The van der Waals surface area contributed by atoms with Crippen molar-refractivity contribution in [1.29, 1.82) is 0 Å². The third kappa shape index (κ3) is 4.26. The van der Waals surface area contributed by atoms with Crippen molar-refractivity contribution in [1.82, 2.24) is 10.3 Å². The molecule has 0 spiro atoms. The molecule has 0 bridgehead atoms. The van der Waals surface area contributed by atoms with Crippen LogP contribution in [0.3, 0.4) is 0 Å². The number of nitrogens with zero attached hydrogens (tertiary/aromatic N) is 2. The van der Waals surface area contributed by atoms with Crippen LogP contribution in [0.5, 0.6) is 0 Å². The third-order valence-electron chi connectivity index (χ3n) is 4.42. The van der Waals surface area contributed by atoms with Gasteiger partial charge in [0.2, 0.25) is 5.91 Å². The van der Waals surface area contributed by atoms with E-state index in [0.29, 0.717) is 36.9 Å². The minimum atomic E-state index is -4.51. The lowest BCUT2D eigenvalue weighted by Gasteiger charge is -2.25. The predicted octanol–water partition coefficient (Wildman–Crippen LogP) is 5.67. The van der Waals surface area contributed by atoms with Gasteiger partial charge in [-0.2, -0.15) is 13.2 Å². The Hall–Kier alpha value is -2.29. The number of hydrogen-bond donors (Lipinski definition) is 1. The van der Waals surface area contributed by atoms with Crippen LogP contribution in [-0.2, 0) is 4.79 Å². The second-order valence-electron chi connectivity index (χ2n) is 6.55. The summed E-state index contributed by atoms with van der Waals surface area (Å²) in [5.41, 5.74) is 5.58. The van der Waals surface area contributed by atoms with Crippen LogP contribution in [0.1, 0.15) is 5.56 Å². The number of anilines is 1. The molecule has 0 aromatic heterocycles. The Bertz CT molecular complexity index is 1050. The van der Waals surface area contributed by atoms with Crippen molar-refractivity contribution in [2.75, 3.05) is 17.3 Å². The van der Waals surface area contributed by atoms with Crippen molar-refractivity contribution < 1.29 is 18.0 Å². The molecule has 4 rings (SSSR count). The zero-order valence-corrected chi connectivity index (χ0v) is 17.5. The Morgan fingerprint density at radius 1 is 1.07 bits per heavy atom. The molecule has 0 saturated carbocycles. The number of fused-ring (bicyclic) bond motifs is 1. The highest BCUT2D eigenvalue weighted by Gasteiger charge is 2.37. The van der Waals surface area contributed by atoms with Crippen LogP contribution >= 0.6 is 35.0 Å². The Labute approximate surface area is 184 Å². The van der Waals surface area contributed by atoms with E-state index in [4.69, 9.17) is 23.2 Å². The number of benzene rings is 2. The summed E-state index contributed by atoms with van der Waals surface area (Å²) >= 11 is 13.6. The number of alkyl halides is 3. The maximum atomic E-state index is 13.0. The topological polar surface area (TPSA) is 35.6 Å². The quantitative estimate of drug-likeness (QED) is 0.625. The highest BCUT2D eigenvalue weighted by atomic mass is 35.5. The first-order valence-electron chi connectivity index (χ1n) is 8.76. The van der Waals surface area contributed by atoms with Crippen LogP contribution in [0.2, 0.25) is 10.0 Å². The molecule has 0 radical (unpaired) electrons. The van der Waals surface area contributed by atoms with Crippen LogP contribution in [0.4, 0.5) is 18.9 Å². The molecule has 2 heterocycles. The van der Waals surface area contributed by atoms with Crippen LogP contribution in [0, 0.1) is 0 Å². The van der Waals surface area contributed by atoms with Crippen molar-refractivity contribution in [2.24, 2.45) is 0 Å². The molecule has 0 saturated heterocycles. The normalized spacial score (nSPS) is 17.0. The number of halogens is 5.